The largest absolute Gasteiger partial charge is 0.339 e. The molecule has 1 aliphatic rings. The first kappa shape index (κ1) is 17.2. The predicted octanol–water partition coefficient (Wildman–Crippen LogP) is 2.61. The van der Waals surface area contributed by atoms with Gasteiger partial charge in [0.1, 0.15) is 4.90 Å². The number of halogens is 1. The van der Waals surface area contributed by atoms with E-state index in [0.29, 0.717) is 31.7 Å². The molecule has 0 saturated carbocycles. The number of nitrogens with zero attached hydrogens (tertiary/aromatic N) is 2. The number of sulfonamides is 1. The van der Waals surface area contributed by atoms with E-state index in [1.165, 1.54) is 16.4 Å². The highest BCUT2D eigenvalue weighted by Gasteiger charge is 2.30. The number of carbonyl (C=O) groups is 1. The zero-order valence-corrected chi connectivity index (χ0v) is 14.5. The van der Waals surface area contributed by atoms with Crippen LogP contribution in [0.15, 0.2) is 23.1 Å². The van der Waals surface area contributed by atoms with Crippen LogP contribution in [-0.4, -0.2) is 49.7 Å². The van der Waals surface area contributed by atoms with Crippen LogP contribution >= 0.6 is 11.6 Å². The van der Waals surface area contributed by atoms with Crippen LogP contribution in [-0.2, 0) is 10.0 Å². The minimum Gasteiger partial charge on any atom is -0.339 e. The van der Waals surface area contributed by atoms with E-state index >= 15 is 0 Å². The van der Waals surface area contributed by atoms with Crippen molar-refractivity contribution in [3.05, 3.63) is 28.8 Å². The molecule has 1 amide bonds. The van der Waals surface area contributed by atoms with Gasteiger partial charge < -0.3 is 4.90 Å². The summed E-state index contributed by atoms with van der Waals surface area (Å²) >= 11 is 6.08. The van der Waals surface area contributed by atoms with Crippen molar-refractivity contribution < 1.29 is 13.2 Å². The second-order valence-corrected chi connectivity index (χ2v) is 7.55. The fourth-order valence-electron chi connectivity index (χ4n) is 2.60. The van der Waals surface area contributed by atoms with Crippen LogP contribution < -0.4 is 0 Å². The number of hydrogen-bond acceptors (Lipinski definition) is 3. The lowest BCUT2D eigenvalue weighted by atomic mass is 10.2. The lowest BCUT2D eigenvalue weighted by Crippen LogP contribution is -2.31. The summed E-state index contributed by atoms with van der Waals surface area (Å²) in [6.45, 7) is 5.94. The third-order valence-corrected chi connectivity index (χ3v) is 6.29. The molecule has 22 heavy (non-hydrogen) atoms. The van der Waals surface area contributed by atoms with Gasteiger partial charge in [-0.15, -0.1) is 0 Å². The fourth-order valence-corrected chi connectivity index (χ4v) is 4.61. The van der Waals surface area contributed by atoms with Crippen molar-refractivity contribution >= 4 is 27.5 Å². The molecule has 122 valence electrons. The summed E-state index contributed by atoms with van der Waals surface area (Å²) in [5, 5.41) is 0.156. The highest BCUT2D eigenvalue weighted by molar-refractivity contribution is 7.89. The Morgan fingerprint density at radius 1 is 1.23 bits per heavy atom. The van der Waals surface area contributed by atoms with E-state index in [9.17, 15) is 13.2 Å². The zero-order valence-electron chi connectivity index (χ0n) is 12.9. The quantitative estimate of drug-likeness (QED) is 0.825. The van der Waals surface area contributed by atoms with E-state index < -0.39 is 10.0 Å². The third kappa shape index (κ3) is 3.29. The second-order valence-electron chi connectivity index (χ2n) is 5.23. The van der Waals surface area contributed by atoms with Gasteiger partial charge >= 0.3 is 0 Å². The Labute approximate surface area is 136 Å². The molecule has 2 rings (SSSR count). The van der Waals surface area contributed by atoms with Crippen molar-refractivity contribution in [1.82, 2.24) is 9.21 Å². The van der Waals surface area contributed by atoms with E-state index in [0.717, 1.165) is 12.8 Å². The molecule has 0 spiro atoms. The molecular weight excluding hydrogens is 324 g/mol. The van der Waals surface area contributed by atoms with Crippen LogP contribution in [0.5, 0.6) is 0 Å². The van der Waals surface area contributed by atoms with E-state index in [1.54, 1.807) is 11.0 Å². The Morgan fingerprint density at radius 3 is 2.36 bits per heavy atom. The van der Waals surface area contributed by atoms with Crippen molar-refractivity contribution in [2.45, 2.75) is 31.6 Å². The topological polar surface area (TPSA) is 57.7 Å². The van der Waals surface area contributed by atoms with Gasteiger partial charge in [-0.1, -0.05) is 11.6 Å². The molecule has 1 aromatic carbocycles. The second kappa shape index (κ2) is 6.98. The molecule has 7 heteroatoms. The molecule has 0 N–H and O–H groups in total. The van der Waals surface area contributed by atoms with Gasteiger partial charge in [-0.2, -0.15) is 4.31 Å². The summed E-state index contributed by atoms with van der Waals surface area (Å²) in [4.78, 5) is 14.1. The predicted molar refractivity (Wildman–Crippen MR) is 86.7 cm³/mol. The molecule has 1 saturated heterocycles. The molecule has 1 heterocycles. The third-order valence-electron chi connectivity index (χ3n) is 3.91. The lowest BCUT2D eigenvalue weighted by Gasteiger charge is -2.20. The molecule has 1 aromatic rings. The fraction of sp³-hybridized carbons (Fsp3) is 0.533. The summed E-state index contributed by atoms with van der Waals surface area (Å²) in [6, 6.07) is 4.46. The first-order valence-corrected chi connectivity index (χ1v) is 9.32. The molecule has 1 aliphatic heterocycles. The van der Waals surface area contributed by atoms with Crippen LogP contribution in [0.1, 0.15) is 37.0 Å². The number of carbonyl (C=O) groups excluding carboxylic acids is 1. The molecule has 0 unspecified atom stereocenters. The van der Waals surface area contributed by atoms with Gasteiger partial charge in [0.25, 0.3) is 5.91 Å². The van der Waals surface area contributed by atoms with Gasteiger partial charge in [-0.05, 0) is 44.9 Å². The Kier molecular flexibility index (Phi) is 5.47. The van der Waals surface area contributed by atoms with Crippen LogP contribution in [0.2, 0.25) is 5.02 Å². The molecule has 0 aromatic heterocycles. The van der Waals surface area contributed by atoms with Crippen molar-refractivity contribution in [3.63, 3.8) is 0 Å². The minimum atomic E-state index is -3.63. The molecular formula is C15H21ClN2O3S. The van der Waals surface area contributed by atoms with Crippen LogP contribution in [0.25, 0.3) is 0 Å². The first-order chi connectivity index (χ1) is 10.4. The van der Waals surface area contributed by atoms with Crippen LogP contribution in [0.4, 0.5) is 0 Å². The van der Waals surface area contributed by atoms with Gasteiger partial charge in [0.15, 0.2) is 0 Å². The first-order valence-electron chi connectivity index (χ1n) is 7.50. The Morgan fingerprint density at radius 2 is 1.82 bits per heavy atom. The van der Waals surface area contributed by atoms with Gasteiger partial charge in [0.05, 0.1) is 5.02 Å². The monoisotopic (exact) mass is 344 g/mol. The molecule has 0 atom stereocenters. The standard InChI is InChI=1S/C15H21ClN2O3S/c1-3-17(4-2)15(19)12-7-8-13(16)14(11-12)22(20,21)18-9-5-6-10-18/h7-8,11H,3-6,9-10H2,1-2H3. The molecule has 1 fully saturated rings. The number of amides is 1. The molecule has 0 bridgehead atoms. The average Bonchev–Trinajstić information content (AvgIpc) is 3.03. The number of hydrogen-bond donors (Lipinski definition) is 0. The average molecular weight is 345 g/mol. The van der Waals surface area contributed by atoms with Gasteiger partial charge in [-0.25, -0.2) is 8.42 Å². The summed E-state index contributed by atoms with van der Waals surface area (Å²) in [5.41, 5.74) is 0.353. The lowest BCUT2D eigenvalue weighted by molar-refractivity contribution is 0.0772. The number of benzene rings is 1. The maximum atomic E-state index is 12.7. The van der Waals surface area contributed by atoms with Crippen LogP contribution in [0, 0.1) is 0 Å². The van der Waals surface area contributed by atoms with Gasteiger partial charge in [-0.3, -0.25) is 4.79 Å². The summed E-state index contributed by atoms with van der Waals surface area (Å²) in [7, 11) is -3.63. The van der Waals surface area contributed by atoms with E-state index in [-0.39, 0.29) is 15.8 Å². The maximum absolute atomic E-state index is 12.7. The Bertz CT molecular complexity index is 651. The summed E-state index contributed by atoms with van der Waals surface area (Å²) < 4.78 is 26.7. The van der Waals surface area contributed by atoms with Crippen molar-refractivity contribution in [1.29, 1.82) is 0 Å². The summed E-state index contributed by atoms with van der Waals surface area (Å²) in [5.74, 6) is -0.181. The van der Waals surface area contributed by atoms with Crippen LogP contribution in [0.3, 0.4) is 0 Å². The SMILES string of the molecule is CCN(CC)C(=O)c1ccc(Cl)c(S(=O)(=O)N2CCCC2)c1. The Hall–Kier alpha value is -1.11. The van der Waals surface area contributed by atoms with E-state index in [2.05, 4.69) is 0 Å². The highest BCUT2D eigenvalue weighted by Crippen LogP contribution is 2.28. The van der Waals surface area contributed by atoms with Crippen molar-refractivity contribution in [2.24, 2.45) is 0 Å². The van der Waals surface area contributed by atoms with E-state index in [4.69, 9.17) is 11.6 Å². The van der Waals surface area contributed by atoms with Crippen molar-refractivity contribution in [3.8, 4) is 0 Å². The van der Waals surface area contributed by atoms with Gasteiger partial charge in [0.2, 0.25) is 10.0 Å². The minimum absolute atomic E-state index is 0.0223. The number of rotatable bonds is 5. The zero-order chi connectivity index (χ0) is 16.3. The van der Waals surface area contributed by atoms with E-state index in [1.807, 2.05) is 13.8 Å². The smallest absolute Gasteiger partial charge is 0.253 e. The van der Waals surface area contributed by atoms with Gasteiger partial charge in [0, 0.05) is 31.7 Å². The highest BCUT2D eigenvalue weighted by atomic mass is 35.5. The summed E-state index contributed by atoms with van der Waals surface area (Å²) in [6.07, 6.45) is 1.71. The molecule has 0 aliphatic carbocycles. The molecule has 0 radical (unpaired) electrons. The Balaban J connectivity index is 2.41. The maximum Gasteiger partial charge on any atom is 0.253 e. The van der Waals surface area contributed by atoms with Crippen molar-refractivity contribution in [2.75, 3.05) is 26.2 Å². The normalized spacial score (nSPS) is 16.0. The molecule has 5 nitrogen and oxygen atoms in total.